The fraction of sp³-hybridized carbons (Fsp3) is 0.417. The lowest BCUT2D eigenvalue weighted by atomic mass is 10.1. The van der Waals surface area contributed by atoms with Crippen LogP contribution in [0.4, 0.5) is 0 Å². The van der Waals surface area contributed by atoms with Crippen LogP contribution in [0.3, 0.4) is 0 Å². The van der Waals surface area contributed by atoms with E-state index in [0.29, 0.717) is 10.7 Å². The van der Waals surface area contributed by atoms with Crippen molar-refractivity contribution in [3.63, 3.8) is 0 Å². The molecule has 2 aromatic rings. The molecule has 0 atom stereocenters. The third-order valence-corrected chi connectivity index (χ3v) is 3.37. The van der Waals surface area contributed by atoms with Crippen LogP contribution in [0.25, 0.3) is 0 Å². The maximum absolute atomic E-state index is 12.2. The summed E-state index contributed by atoms with van der Waals surface area (Å²) in [6.07, 6.45) is 0.231. The minimum Gasteiger partial charge on any atom is -0.292 e. The number of rotatable bonds is 3. The Hall–Kier alpha value is -1.62. The van der Waals surface area contributed by atoms with Gasteiger partial charge in [0.15, 0.2) is 5.78 Å². The summed E-state index contributed by atoms with van der Waals surface area (Å²) in [5.41, 5.74) is 2.89. The zero-order valence-corrected chi connectivity index (χ0v) is 11.6. The van der Waals surface area contributed by atoms with Crippen molar-refractivity contribution in [3.8, 4) is 0 Å². The normalized spacial score (nSPS) is 10.9. The van der Waals surface area contributed by atoms with E-state index >= 15 is 0 Å². The van der Waals surface area contributed by atoms with Gasteiger partial charge in [-0.15, -0.1) is 0 Å². The van der Waals surface area contributed by atoms with E-state index < -0.39 is 0 Å². The molecule has 0 fully saturated rings. The maximum Gasteiger partial charge on any atom is 0.186 e. The Kier molecular flexibility index (Phi) is 3.26. The van der Waals surface area contributed by atoms with Crippen molar-refractivity contribution in [1.82, 2.24) is 19.6 Å². The van der Waals surface area contributed by atoms with Gasteiger partial charge in [0.1, 0.15) is 5.69 Å². The number of Topliss-reactive ketones (excluding diaryl/α,β-unsaturated/α-hetero) is 1. The van der Waals surface area contributed by atoms with Crippen LogP contribution in [0.2, 0.25) is 5.02 Å². The Balaban J connectivity index is 2.29. The number of nitrogens with zero attached hydrogens (tertiary/aromatic N) is 4. The highest BCUT2D eigenvalue weighted by Gasteiger charge is 2.18. The van der Waals surface area contributed by atoms with Gasteiger partial charge in [0.25, 0.3) is 0 Å². The average Bonchev–Trinajstić information content (AvgIpc) is 2.73. The third kappa shape index (κ3) is 2.18. The second-order valence-corrected chi connectivity index (χ2v) is 4.74. The maximum atomic E-state index is 12.2. The van der Waals surface area contributed by atoms with Gasteiger partial charge < -0.3 is 0 Å². The second kappa shape index (κ2) is 4.57. The van der Waals surface area contributed by atoms with Crippen LogP contribution < -0.4 is 0 Å². The lowest BCUT2D eigenvalue weighted by Gasteiger charge is -2.03. The monoisotopic (exact) mass is 266 g/mol. The van der Waals surface area contributed by atoms with Crippen LogP contribution in [0, 0.1) is 13.8 Å². The lowest BCUT2D eigenvalue weighted by molar-refractivity contribution is 0.0981. The predicted octanol–water partition coefficient (Wildman–Crippen LogP) is 1.85. The van der Waals surface area contributed by atoms with Gasteiger partial charge in [0, 0.05) is 14.1 Å². The first kappa shape index (κ1) is 12.8. The molecule has 96 valence electrons. The summed E-state index contributed by atoms with van der Waals surface area (Å²) in [5.74, 6) is -0.0111. The summed E-state index contributed by atoms with van der Waals surface area (Å²) >= 11 is 6.13. The smallest absolute Gasteiger partial charge is 0.186 e. The Labute approximate surface area is 110 Å². The Morgan fingerprint density at radius 1 is 1.28 bits per heavy atom. The van der Waals surface area contributed by atoms with E-state index in [1.807, 2.05) is 13.8 Å². The number of halogens is 1. The standard InChI is InChI=1S/C12H15ClN4O/c1-7-5-9(16(3)14-7)11(18)6-10-12(13)8(2)15-17(10)4/h5H,6H2,1-4H3. The van der Waals surface area contributed by atoms with Crippen molar-refractivity contribution in [2.75, 3.05) is 0 Å². The van der Waals surface area contributed by atoms with Crippen LogP contribution in [-0.2, 0) is 20.5 Å². The predicted molar refractivity (Wildman–Crippen MR) is 68.9 cm³/mol. The molecule has 0 radical (unpaired) electrons. The topological polar surface area (TPSA) is 52.7 Å². The number of carbonyl (C=O) groups excluding carboxylic acids is 1. The number of hydrogen-bond donors (Lipinski definition) is 0. The van der Waals surface area contributed by atoms with Crippen LogP contribution in [0.1, 0.15) is 27.6 Å². The molecule has 2 rings (SSSR count). The summed E-state index contributed by atoms with van der Waals surface area (Å²) in [4.78, 5) is 12.2. The van der Waals surface area contributed by atoms with E-state index in [0.717, 1.165) is 17.1 Å². The number of carbonyl (C=O) groups is 1. The molecule has 18 heavy (non-hydrogen) atoms. The van der Waals surface area contributed by atoms with Gasteiger partial charge in [-0.05, 0) is 19.9 Å². The second-order valence-electron chi connectivity index (χ2n) is 4.36. The minimum atomic E-state index is -0.0111. The fourth-order valence-electron chi connectivity index (χ4n) is 1.99. The largest absolute Gasteiger partial charge is 0.292 e. The average molecular weight is 267 g/mol. The van der Waals surface area contributed by atoms with Gasteiger partial charge in [-0.25, -0.2) is 0 Å². The highest BCUT2D eigenvalue weighted by atomic mass is 35.5. The number of hydrogen-bond acceptors (Lipinski definition) is 3. The SMILES string of the molecule is Cc1cc(C(=O)Cc2c(Cl)c(C)nn2C)n(C)n1. The van der Waals surface area contributed by atoms with Crippen LogP contribution in [0.15, 0.2) is 6.07 Å². The van der Waals surface area contributed by atoms with E-state index in [2.05, 4.69) is 10.2 Å². The van der Waals surface area contributed by atoms with Gasteiger partial charge in [-0.2, -0.15) is 10.2 Å². The summed E-state index contributed by atoms with van der Waals surface area (Å²) in [6.45, 7) is 3.68. The van der Waals surface area contributed by atoms with Gasteiger partial charge in [-0.3, -0.25) is 14.2 Å². The quantitative estimate of drug-likeness (QED) is 0.797. The molecule has 0 aromatic carbocycles. The molecule has 6 heteroatoms. The van der Waals surface area contributed by atoms with Crippen molar-refractivity contribution in [2.45, 2.75) is 20.3 Å². The molecule has 0 aliphatic heterocycles. The highest BCUT2D eigenvalue weighted by Crippen LogP contribution is 2.21. The number of aromatic nitrogens is 4. The summed E-state index contributed by atoms with van der Waals surface area (Å²) in [7, 11) is 3.55. The zero-order valence-electron chi connectivity index (χ0n) is 10.9. The molecule has 0 saturated heterocycles. The fourth-order valence-corrected chi connectivity index (χ4v) is 2.21. The molecule has 0 aliphatic rings. The first-order valence-corrected chi connectivity index (χ1v) is 5.99. The van der Waals surface area contributed by atoms with Gasteiger partial charge in [0.2, 0.25) is 0 Å². The summed E-state index contributed by atoms with van der Waals surface area (Å²) in [5, 5.41) is 8.92. The van der Waals surface area contributed by atoms with E-state index in [-0.39, 0.29) is 12.2 Å². The molecule has 0 spiro atoms. The van der Waals surface area contributed by atoms with Crippen LogP contribution in [-0.4, -0.2) is 25.3 Å². The first-order chi connectivity index (χ1) is 8.40. The van der Waals surface area contributed by atoms with Crippen molar-refractivity contribution < 1.29 is 4.79 Å². The molecule has 5 nitrogen and oxygen atoms in total. The molecule has 0 aliphatic carbocycles. The molecule has 2 aromatic heterocycles. The van der Waals surface area contributed by atoms with Crippen molar-refractivity contribution in [3.05, 3.63) is 33.9 Å². The molecule has 0 bridgehead atoms. The Bertz CT molecular complexity index is 612. The molecule has 0 N–H and O–H groups in total. The van der Waals surface area contributed by atoms with E-state index in [1.165, 1.54) is 0 Å². The number of aryl methyl sites for hydroxylation is 4. The van der Waals surface area contributed by atoms with E-state index in [1.54, 1.807) is 29.5 Å². The molecule has 0 unspecified atom stereocenters. The molecular weight excluding hydrogens is 252 g/mol. The van der Waals surface area contributed by atoms with Crippen molar-refractivity contribution in [2.24, 2.45) is 14.1 Å². The van der Waals surface area contributed by atoms with Crippen molar-refractivity contribution in [1.29, 1.82) is 0 Å². The molecule has 0 amide bonds. The summed E-state index contributed by atoms with van der Waals surface area (Å²) < 4.78 is 3.24. The minimum absolute atomic E-state index is 0.0111. The zero-order chi connectivity index (χ0) is 13.4. The number of ketones is 1. The van der Waals surface area contributed by atoms with Gasteiger partial charge >= 0.3 is 0 Å². The van der Waals surface area contributed by atoms with Crippen molar-refractivity contribution >= 4 is 17.4 Å². The van der Waals surface area contributed by atoms with E-state index in [9.17, 15) is 4.79 Å². The first-order valence-electron chi connectivity index (χ1n) is 5.62. The lowest BCUT2D eigenvalue weighted by Crippen LogP contribution is -2.12. The van der Waals surface area contributed by atoms with Crippen LogP contribution in [0.5, 0.6) is 0 Å². The molecular formula is C12H15ClN4O. The third-order valence-electron chi connectivity index (χ3n) is 2.88. The molecule has 0 saturated carbocycles. The van der Waals surface area contributed by atoms with Crippen LogP contribution >= 0.6 is 11.6 Å². The van der Waals surface area contributed by atoms with Gasteiger partial charge in [-0.1, -0.05) is 11.6 Å². The Morgan fingerprint density at radius 2 is 1.94 bits per heavy atom. The van der Waals surface area contributed by atoms with Gasteiger partial charge in [0.05, 0.1) is 28.5 Å². The highest BCUT2D eigenvalue weighted by molar-refractivity contribution is 6.32. The Morgan fingerprint density at radius 3 is 2.39 bits per heavy atom. The van der Waals surface area contributed by atoms with E-state index in [4.69, 9.17) is 11.6 Å². The summed E-state index contributed by atoms with van der Waals surface area (Å²) in [6, 6.07) is 1.78. The molecule has 2 heterocycles.